The summed E-state index contributed by atoms with van der Waals surface area (Å²) in [5, 5.41) is 21.8. The minimum absolute atomic E-state index is 0.111. The number of azo groups is 1. The minimum Gasteiger partial charge on any atom is -0.505 e. The Morgan fingerprint density at radius 2 is 1.63 bits per heavy atom. The Kier molecular flexibility index (Phi) is 4.42. The highest BCUT2D eigenvalue weighted by Crippen LogP contribution is 2.41. The van der Waals surface area contributed by atoms with Crippen molar-refractivity contribution in [2.45, 2.75) is 0 Å². The van der Waals surface area contributed by atoms with Crippen LogP contribution < -0.4 is 0 Å². The third-order valence-electron chi connectivity index (χ3n) is 4.97. The number of rotatable bonds is 3. The van der Waals surface area contributed by atoms with Crippen LogP contribution in [0.25, 0.3) is 21.8 Å². The van der Waals surface area contributed by atoms with Gasteiger partial charge in [-0.1, -0.05) is 59.6 Å². The quantitative estimate of drug-likeness (QED) is 0.302. The zero-order valence-electron chi connectivity index (χ0n) is 15.4. The fourth-order valence-corrected chi connectivity index (χ4v) is 3.95. The molecule has 0 fully saturated rings. The molecule has 0 atom stereocenters. The van der Waals surface area contributed by atoms with Crippen molar-refractivity contribution < 1.29 is 9.90 Å². The van der Waals surface area contributed by atoms with Gasteiger partial charge < -0.3 is 5.11 Å². The van der Waals surface area contributed by atoms with Crippen molar-refractivity contribution >= 4 is 62.3 Å². The highest BCUT2D eigenvalue weighted by atomic mass is 35.5. The van der Waals surface area contributed by atoms with Crippen LogP contribution in [0.3, 0.4) is 0 Å². The number of fused-ring (bicyclic) bond motifs is 3. The standard InChI is InChI=1S/C23H13Cl2N3O2/c24-17-7-3-4-8-19(17)26-27-21-15-6-2-1-5-13(15)11-16(22(21)29)23(30)28-14-9-10-20(28)18(25)12-14/h1-12,29H. The summed E-state index contributed by atoms with van der Waals surface area (Å²) in [7, 11) is 0. The summed E-state index contributed by atoms with van der Waals surface area (Å²) in [6, 6.07) is 21.3. The number of nitrogens with zero attached hydrogens (tertiary/aromatic N) is 3. The van der Waals surface area contributed by atoms with Gasteiger partial charge in [0.15, 0.2) is 5.75 Å². The number of aromatic hydroxyl groups is 1. The summed E-state index contributed by atoms with van der Waals surface area (Å²) in [6.45, 7) is 0. The van der Waals surface area contributed by atoms with Gasteiger partial charge in [0.2, 0.25) is 0 Å². The van der Waals surface area contributed by atoms with E-state index < -0.39 is 5.91 Å². The Balaban J connectivity index is 1.70. The van der Waals surface area contributed by atoms with Gasteiger partial charge in [-0.05, 0) is 41.8 Å². The van der Waals surface area contributed by atoms with Crippen molar-refractivity contribution in [3.05, 3.63) is 88.4 Å². The SMILES string of the molecule is O=C(c1cc2ccccc2c(N=Nc2ccccc2Cl)c1O)n1c2ccc1c(Cl)c2. The normalized spacial score (nSPS) is 11.8. The first kappa shape index (κ1) is 18.6. The maximum Gasteiger partial charge on any atom is 0.266 e. The van der Waals surface area contributed by atoms with Crippen LogP contribution in [0.2, 0.25) is 10.0 Å². The van der Waals surface area contributed by atoms with Gasteiger partial charge in [0, 0.05) is 5.39 Å². The molecule has 0 radical (unpaired) electrons. The maximum atomic E-state index is 13.3. The van der Waals surface area contributed by atoms with Crippen LogP contribution in [0.1, 0.15) is 10.4 Å². The number of hydrogen-bond acceptors (Lipinski definition) is 4. The summed E-state index contributed by atoms with van der Waals surface area (Å²) >= 11 is 12.3. The molecule has 0 amide bonds. The molecule has 2 bridgehead atoms. The Morgan fingerprint density at radius 1 is 0.867 bits per heavy atom. The number of halogens is 2. The molecule has 146 valence electrons. The lowest BCUT2D eigenvalue weighted by molar-refractivity contribution is 0.0967. The molecule has 0 saturated heterocycles. The van der Waals surface area contributed by atoms with Crippen molar-refractivity contribution in [3.8, 4) is 5.75 Å². The Morgan fingerprint density at radius 3 is 2.37 bits per heavy atom. The number of carbonyl (C=O) groups is 1. The van der Waals surface area contributed by atoms with Gasteiger partial charge in [-0.3, -0.25) is 9.36 Å². The second kappa shape index (κ2) is 7.13. The molecule has 0 aliphatic rings. The predicted octanol–water partition coefficient (Wildman–Crippen LogP) is 7.35. The number of carbonyl (C=O) groups excluding carboxylic acids is 1. The van der Waals surface area contributed by atoms with Crippen LogP contribution in [0.15, 0.2) is 83.0 Å². The topological polar surface area (TPSA) is 66.9 Å². The average molecular weight is 434 g/mol. The molecular weight excluding hydrogens is 421 g/mol. The molecule has 5 nitrogen and oxygen atoms in total. The average Bonchev–Trinajstić information content (AvgIpc) is 3.30. The van der Waals surface area contributed by atoms with E-state index in [2.05, 4.69) is 10.2 Å². The van der Waals surface area contributed by atoms with Gasteiger partial charge in [0.05, 0.1) is 26.6 Å². The van der Waals surface area contributed by atoms with Crippen LogP contribution in [0, 0.1) is 0 Å². The fraction of sp³-hybridized carbons (Fsp3) is 0. The van der Waals surface area contributed by atoms with Gasteiger partial charge >= 0.3 is 0 Å². The van der Waals surface area contributed by atoms with Crippen LogP contribution in [0.5, 0.6) is 5.75 Å². The molecule has 3 aromatic carbocycles. The van der Waals surface area contributed by atoms with E-state index in [1.165, 1.54) is 4.57 Å². The smallest absolute Gasteiger partial charge is 0.266 e. The zero-order chi connectivity index (χ0) is 20.8. The monoisotopic (exact) mass is 433 g/mol. The van der Waals surface area contributed by atoms with E-state index in [0.717, 1.165) is 5.39 Å². The lowest BCUT2D eigenvalue weighted by Gasteiger charge is -2.11. The van der Waals surface area contributed by atoms with Gasteiger partial charge in [-0.15, -0.1) is 10.2 Å². The molecule has 1 N–H and O–H groups in total. The zero-order valence-corrected chi connectivity index (χ0v) is 16.9. The summed E-state index contributed by atoms with van der Waals surface area (Å²) in [5.74, 6) is -0.646. The third-order valence-corrected chi connectivity index (χ3v) is 5.59. The van der Waals surface area contributed by atoms with Gasteiger partial charge in [-0.25, -0.2) is 0 Å². The molecule has 0 spiro atoms. The van der Waals surface area contributed by atoms with E-state index in [4.69, 9.17) is 23.2 Å². The molecule has 5 rings (SSSR count). The Bertz CT molecular complexity index is 1460. The Hall–Kier alpha value is -3.41. The number of benzene rings is 4. The first-order chi connectivity index (χ1) is 14.5. The van der Waals surface area contributed by atoms with E-state index in [0.29, 0.717) is 32.2 Å². The highest BCUT2D eigenvalue weighted by molar-refractivity contribution is 6.35. The highest BCUT2D eigenvalue weighted by Gasteiger charge is 2.23. The van der Waals surface area contributed by atoms with E-state index in [9.17, 15) is 9.90 Å². The van der Waals surface area contributed by atoms with Crippen molar-refractivity contribution in [2.24, 2.45) is 10.2 Å². The molecular formula is C23H13Cl2N3O2. The predicted molar refractivity (Wildman–Crippen MR) is 119 cm³/mol. The van der Waals surface area contributed by atoms with Gasteiger partial charge in [0.1, 0.15) is 11.4 Å². The summed E-state index contributed by atoms with van der Waals surface area (Å²) in [6.07, 6.45) is 0. The molecule has 2 aromatic heterocycles. The van der Waals surface area contributed by atoms with E-state index in [1.807, 2.05) is 24.3 Å². The van der Waals surface area contributed by atoms with Gasteiger partial charge in [0.25, 0.3) is 5.91 Å². The summed E-state index contributed by atoms with van der Waals surface area (Å²) < 4.78 is 1.47. The van der Waals surface area contributed by atoms with Crippen LogP contribution in [-0.4, -0.2) is 15.6 Å². The summed E-state index contributed by atoms with van der Waals surface area (Å²) in [5.41, 5.74) is 2.02. The fourth-order valence-electron chi connectivity index (χ4n) is 3.52. The molecule has 2 heterocycles. The lowest BCUT2D eigenvalue weighted by atomic mass is 10.0. The molecule has 0 saturated carbocycles. The number of aromatic nitrogens is 1. The first-order valence-electron chi connectivity index (χ1n) is 9.09. The van der Waals surface area contributed by atoms with Crippen molar-refractivity contribution in [1.29, 1.82) is 0 Å². The van der Waals surface area contributed by atoms with Gasteiger partial charge in [-0.2, -0.15) is 0 Å². The largest absolute Gasteiger partial charge is 0.505 e. The van der Waals surface area contributed by atoms with E-state index >= 15 is 0 Å². The number of hydrogen-bond donors (Lipinski definition) is 1. The minimum atomic E-state index is -0.394. The molecule has 0 aliphatic carbocycles. The van der Waals surface area contributed by atoms with Crippen molar-refractivity contribution in [1.82, 2.24) is 4.57 Å². The molecule has 5 aromatic rings. The second-order valence-electron chi connectivity index (χ2n) is 6.77. The molecule has 30 heavy (non-hydrogen) atoms. The van der Waals surface area contributed by atoms with Crippen LogP contribution >= 0.6 is 23.2 Å². The number of phenols is 1. The van der Waals surface area contributed by atoms with E-state index in [-0.39, 0.29) is 17.0 Å². The lowest BCUT2D eigenvalue weighted by Crippen LogP contribution is -2.10. The number of phenolic OH excluding ortho intramolecular Hbond substituents is 1. The molecule has 0 unspecified atom stereocenters. The Labute approximate surface area is 181 Å². The van der Waals surface area contributed by atoms with Crippen molar-refractivity contribution in [2.75, 3.05) is 0 Å². The second-order valence-corrected chi connectivity index (χ2v) is 7.58. The third kappa shape index (κ3) is 2.91. The first-order valence-corrected chi connectivity index (χ1v) is 9.85. The molecule has 7 heteroatoms. The molecule has 0 aliphatic heterocycles. The van der Waals surface area contributed by atoms with Crippen LogP contribution in [-0.2, 0) is 0 Å². The van der Waals surface area contributed by atoms with Crippen molar-refractivity contribution in [3.63, 3.8) is 0 Å². The summed E-state index contributed by atoms with van der Waals surface area (Å²) in [4.78, 5) is 13.3. The maximum absolute atomic E-state index is 13.3. The van der Waals surface area contributed by atoms with Crippen LogP contribution in [0.4, 0.5) is 11.4 Å². The van der Waals surface area contributed by atoms with E-state index in [1.54, 1.807) is 48.5 Å².